The van der Waals surface area contributed by atoms with E-state index in [-0.39, 0.29) is 19.6 Å². The fraction of sp³-hybridized carbons (Fsp3) is 0.775. The van der Waals surface area contributed by atoms with Crippen molar-refractivity contribution in [3.8, 4) is 0 Å². The third-order valence-electron chi connectivity index (χ3n) is 8.46. The molecule has 10 heteroatoms. The molecule has 0 saturated heterocycles. The highest BCUT2D eigenvalue weighted by molar-refractivity contribution is 7.47. The Morgan fingerprint density at radius 3 is 1.82 bits per heavy atom. The van der Waals surface area contributed by atoms with Crippen LogP contribution < -0.4 is 11.1 Å². The average molecular weight is 727 g/mol. The fourth-order valence-corrected chi connectivity index (χ4v) is 6.18. The van der Waals surface area contributed by atoms with Gasteiger partial charge in [-0.2, -0.15) is 0 Å². The first-order chi connectivity index (χ1) is 24.3. The number of carbonyl (C=O) groups is 1. The van der Waals surface area contributed by atoms with Gasteiger partial charge in [0, 0.05) is 6.54 Å². The van der Waals surface area contributed by atoms with Gasteiger partial charge >= 0.3 is 7.82 Å². The number of phosphoric ester groups is 1. The lowest BCUT2D eigenvalue weighted by molar-refractivity contribution is -0.124. The number of unbranched alkanes of at least 4 members (excludes halogenated alkanes) is 17. The van der Waals surface area contributed by atoms with Gasteiger partial charge in [0.05, 0.1) is 37.9 Å². The molecule has 0 heterocycles. The smallest absolute Gasteiger partial charge is 0.393 e. The number of allylic oxidation sites excluding steroid dienone is 7. The third-order valence-corrected chi connectivity index (χ3v) is 9.44. The summed E-state index contributed by atoms with van der Waals surface area (Å²) in [6.45, 7) is 3.88. The van der Waals surface area contributed by atoms with Gasteiger partial charge in [0.1, 0.15) is 0 Å². The Balaban J connectivity index is 4.51. The highest BCUT2D eigenvalue weighted by Gasteiger charge is 2.27. The number of carbonyl (C=O) groups excluding carboxylic acids is 1. The highest BCUT2D eigenvalue weighted by atomic mass is 31.2. The first-order valence-corrected chi connectivity index (χ1v) is 21.4. The van der Waals surface area contributed by atoms with E-state index in [0.717, 1.165) is 51.4 Å². The number of hydrogen-bond acceptors (Lipinski definition) is 7. The van der Waals surface area contributed by atoms with E-state index in [4.69, 9.17) is 14.8 Å². The summed E-state index contributed by atoms with van der Waals surface area (Å²) in [6, 6.07) is -1.01. The second-order valence-corrected chi connectivity index (χ2v) is 14.8. The number of amides is 1. The van der Waals surface area contributed by atoms with E-state index >= 15 is 0 Å². The number of aliphatic hydroxyl groups is 2. The Hall–Kier alpha value is -1.58. The Labute approximate surface area is 305 Å². The van der Waals surface area contributed by atoms with Gasteiger partial charge < -0.3 is 26.2 Å². The lowest BCUT2D eigenvalue weighted by Crippen LogP contribution is -2.46. The Kier molecular flexibility index (Phi) is 34.7. The lowest BCUT2D eigenvalue weighted by atomic mass is 10.0. The van der Waals surface area contributed by atoms with Crippen LogP contribution in [0, 0.1) is 0 Å². The van der Waals surface area contributed by atoms with Crippen LogP contribution in [0.1, 0.15) is 162 Å². The normalized spacial score (nSPS) is 15.4. The third kappa shape index (κ3) is 33.6. The molecule has 0 rings (SSSR count). The van der Waals surface area contributed by atoms with Gasteiger partial charge in [-0.05, 0) is 57.8 Å². The number of aliphatic hydroxyl groups excluding tert-OH is 2. The van der Waals surface area contributed by atoms with Crippen molar-refractivity contribution in [3.05, 3.63) is 48.6 Å². The van der Waals surface area contributed by atoms with Gasteiger partial charge in [0.25, 0.3) is 0 Å². The van der Waals surface area contributed by atoms with Crippen LogP contribution in [-0.2, 0) is 18.4 Å². The summed E-state index contributed by atoms with van der Waals surface area (Å²) in [5.41, 5.74) is 5.34. The van der Waals surface area contributed by atoms with Crippen LogP contribution in [0.4, 0.5) is 0 Å². The summed E-state index contributed by atoms with van der Waals surface area (Å²) in [4.78, 5) is 22.7. The van der Waals surface area contributed by atoms with E-state index in [1.54, 1.807) is 6.08 Å². The molecular weight excluding hydrogens is 651 g/mol. The van der Waals surface area contributed by atoms with Crippen LogP contribution in [0.2, 0.25) is 0 Å². The summed E-state index contributed by atoms with van der Waals surface area (Å²) in [6.07, 6.45) is 39.1. The molecule has 0 radical (unpaired) electrons. The molecule has 292 valence electrons. The van der Waals surface area contributed by atoms with Crippen LogP contribution in [0.5, 0.6) is 0 Å². The standard InChI is InChI=1S/C40H75N2O7P/c1-3-5-7-9-11-13-15-17-18-20-22-24-26-28-30-32-39(44)38(36-49-50(46,47)48-34-33-41)42-40(45)35-37(43)31-29-27-25-23-21-19-16-14-12-10-8-6-4-2/h12,14,16,19,22,24,30,32,37-39,43-44H,3-11,13,15,17-18,20-21,23,25-29,31,33-36,41H2,1-2H3,(H,42,45)(H,46,47)/b14-12-,19-16-,24-22+,32-30+. The second kappa shape index (κ2) is 35.8. The molecule has 4 atom stereocenters. The number of rotatable bonds is 36. The fourth-order valence-electron chi connectivity index (χ4n) is 5.42. The molecule has 0 aromatic heterocycles. The molecule has 1 amide bonds. The number of phosphoric acid groups is 1. The van der Waals surface area contributed by atoms with Crippen molar-refractivity contribution in [1.82, 2.24) is 5.32 Å². The predicted octanol–water partition coefficient (Wildman–Crippen LogP) is 9.52. The SMILES string of the molecule is CCCCC/C=C\C=C/CCCCCCC(O)CC(=O)NC(COP(=O)(O)OCCN)C(O)/C=C/CC/C=C/CCCCCCCCCCC. The molecule has 0 aromatic rings. The van der Waals surface area contributed by atoms with E-state index in [9.17, 15) is 24.5 Å². The second-order valence-electron chi connectivity index (χ2n) is 13.3. The monoisotopic (exact) mass is 727 g/mol. The van der Waals surface area contributed by atoms with Crippen molar-refractivity contribution in [3.63, 3.8) is 0 Å². The molecule has 6 N–H and O–H groups in total. The van der Waals surface area contributed by atoms with Crippen molar-refractivity contribution in [2.75, 3.05) is 19.8 Å². The van der Waals surface area contributed by atoms with Crippen LogP contribution >= 0.6 is 7.82 Å². The zero-order valence-electron chi connectivity index (χ0n) is 31.7. The van der Waals surface area contributed by atoms with E-state index in [1.807, 2.05) is 6.08 Å². The van der Waals surface area contributed by atoms with Gasteiger partial charge in [-0.25, -0.2) is 4.57 Å². The molecule has 0 fully saturated rings. The summed E-state index contributed by atoms with van der Waals surface area (Å²) in [7, 11) is -4.41. The minimum atomic E-state index is -4.41. The average Bonchev–Trinajstić information content (AvgIpc) is 3.09. The van der Waals surface area contributed by atoms with Crippen molar-refractivity contribution >= 4 is 13.7 Å². The van der Waals surface area contributed by atoms with Crippen molar-refractivity contribution in [2.45, 2.75) is 180 Å². The first kappa shape index (κ1) is 48.4. The Bertz CT molecular complexity index is 941. The van der Waals surface area contributed by atoms with Gasteiger partial charge in [0.2, 0.25) is 5.91 Å². The zero-order chi connectivity index (χ0) is 37.0. The summed E-state index contributed by atoms with van der Waals surface area (Å²) < 4.78 is 22.0. The maximum Gasteiger partial charge on any atom is 0.472 e. The lowest BCUT2D eigenvalue weighted by Gasteiger charge is -2.24. The summed E-state index contributed by atoms with van der Waals surface area (Å²) in [5.74, 6) is -0.471. The first-order valence-electron chi connectivity index (χ1n) is 19.9. The molecule has 0 bridgehead atoms. The molecule has 9 nitrogen and oxygen atoms in total. The highest BCUT2D eigenvalue weighted by Crippen LogP contribution is 2.43. The predicted molar refractivity (Wildman–Crippen MR) is 209 cm³/mol. The molecule has 0 aromatic carbocycles. The van der Waals surface area contributed by atoms with Crippen LogP contribution in [0.3, 0.4) is 0 Å². The van der Waals surface area contributed by atoms with E-state index in [2.05, 4.69) is 55.6 Å². The summed E-state index contributed by atoms with van der Waals surface area (Å²) in [5, 5.41) is 23.9. The van der Waals surface area contributed by atoms with Crippen molar-refractivity contribution in [1.29, 1.82) is 0 Å². The van der Waals surface area contributed by atoms with Crippen LogP contribution in [-0.4, -0.2) is 59.0 Å². The van der Waals surface area contributed by atoms with Crippen LogP contribution in [0.15, 0.2) is 48.6 Å². The number of hydrogen-bond donors (Lipinski definition) is 5. The largest absolute Gasteiger partial charge is 0.472 e. The number of nitrogens with two attached hydrogens (primary N) is 1. The molecule has 0 aliphatic heterocycles. The topological polar surface area (TPSA) is 151 Å². The molecule has 0 aliphatic rings. The molecule has 0 spiro atoms. The maximum absolute atomic E-state index is 12.7. The minimum absolute atomic E-state index is 0.0405. The minimum Gasteiger partial charge on any atom is -0.393 e. The zero-order valence-corrected chi connectivity index (χ0v) is 32.6. The van der Waals surface area contributed by atoms with E-state index < -0.39 is 38.6 Å². The van der Waals surface area contributed by atoms with Gasteiger partial charge in [0.15, 0.2) is 0 Å². The Morgan fingerprint density at radius 2 is 1.20 bits per heavy atom. The molecule has 0 saturated carbocycles. The van der Waals surface area contributed by atoms with Gasteiger partial charge in [-0.3, -0.25) is 13.8 Å². The van der Waals surface area contributed by atoms with Crippen LogP contribution in [0.25, 0.3) is 0 Å². The summed E-state index contributed by atoms with van der Waals surface area (Å²) >= 11 is 0. The number of nitrogens with one attached hydrogen (secondary N) is 1. The van der Waals surface area contributed by atoms with Gasteiger partial charge in [-0.1, -0.05) is 146 Å². The van der Waals surface area contributed by atoms with Crippen molar-refractivity contribution in [2.24, 2.45) is 5.73 Å². The Morgan fingerprint density at radius 1 is 0.700 bits per heavy atom. The molecule has 4 unspecified atom stereocenters. The van der Waals surface area contributed by atoms with Crippen molar-refractivity contribution < 1.29 is 33.5 Å². The molecule has 50 heavy (non-hydrogen) atoms. The molecular formula is C40H75N2O7P. The van der Waals surface area contributed by atoms with E-state index in [1.165, 1.54) is 77.0 Å². The van der Waals surface area contributed by atoms with E-state index in [0.29, 0.717) is 12.8 Å². The molecule has 0 aliphatic carbocycles. The van der Waals surface area contributed by atoms with Gasteiger partial charge in [-0.15, -0.1) is 0 Å². The quantitative estimate of drug-likeness (QED) is 0.0185. The maximum atomic E-state index is 12.7.